The van der Waals surface area contributed by atoms with Crippen LogP contribution in [0.5, 0.6) is 0 Å². The van der Waals surface area contributed by atoms with Crippen molar-refractivity contribution in [2.75, 3.05) is 7.05 Å². The van der Waals surface area contributed by atoms with Gasteiger partial charge in [0, 0.05) is 18.9 Å². The number of hydrogen-bond acceptors (Lipinski definition) is 3. The monoisotopic (exact) mass is 231 g/mol. The molecule has 0 saturated carbocycles. The van der Waals surface area contributed by atoms with Gasteiger partial charge in [-0.2, -0.15) is 0 Å². The smallest absolute Gasteiger partial charge is 0.122 e. The lowest BCUT2D eigenvalue weighted by molar-refractivity contribution is 0.282. The van der Waals surface area contributed by atoms with Gasteiger partial charge in [-0.05, 0) is 18.2 Å². The predicted octanol–water partition coefficient (Wildman–Crippen LogP) is 1.14. The zero-order valence-electron chi connectivity index (χ0n) is 9.93. The summed E-state index contributed by atoms with van der Waals surface area (Å²) >= 11 is 0. The second-order valence-corrected chi connectivity index (χ2v) is 3.98. The van der Waals surface area contributed by atoms with Crippen LogP contribution in [-0.2, 0) is 19.7 Å². The molecule has 17 heavy (non-hydrogen) atoms. The summed E-state index contributed by atoms with van der Waals surface area (Å²) < 4.78 is 2.12. The van der Waals surface area contributed by atoms with Gasteiger partial charge in [0.2, 0.25) is 0 Å². The Bertz CT molecular complexity index is 462. The van der Waals surface area contributed by atoms with E-state index in [1.165, 1.54) is 5.56 Å². The van der Waals surface area contributed by atoms with Crippen LogP contribution in [0.4, 0.5) is 0 Å². The van der Waals surface area contributed by atoms with Gasteiger partial charge in [-0.15, -0.1) is 0 Å². The lowest BCUT2D eigenvalue weighted by Crippen LogP contribution is -2.12. The van der Waals surface area contributed by atoms with Crippen molar-refractivity contribution in [2.45, 2.75) is 19.7 Å². The summed E-state index contributed by atoms with van der Waals surface area (Å²) in [7, 11) is 1.91. The number of aliphatic hydroxyl groups is 1. The first-order valence-electron chi connectivity index (χ1n) is 5.66. The molecular weight excluding hydrogens is 214 g/mol. The minimum absolute atomic E-state index is 0.0936. The van der Waals surface area contributed by atoms with E-state index in [0.717, 1.165) is 24.5 Å². The van der Waals surface area contributed by atoms with Crippen molar-refractivity contribution < 1.29 is 5.11 Å². The van der Waals surface area contributed by atoms with Crippen molar-refractivity contribution in [3.8, 4) is 0 Å². The Kier molecular flexibility index (Phi) is 3.90. The molecule has 0 saturated heterocycles. The Hall–Kier alpha value is -1.65. The molecule has 4 heteroatoms. The first-order chi connectivity index (χ1) is 8.33. The topological polar surface area (TPSA) is 50.1 Å². The minimum atomic E-state index is 0.0936. The highest BCUT2D eigenvalue weighted by Gasteiger charge is 2.02. The van der Waals surface area contributed by atoms with Crippen LogP contribution >= 0.6 is 0 Å². The van der Waals surface area contributed by atoms with Gasteiger partial charge in [0.05, 0.1) is 13.2 Å². The molecule has 0 spiro atoms. The Morgan fingerprint density at radius 1 is 1.24 bits per heavy atom. The van der Waals surface area contributed by atoms with Gasteiger partial charge >= 0.3 is 0 Å². The number of nitrogens with zero attached hydrogens (tertiary/aromatic N) is 2. The first-order valence-corrected chi connectivity index (χ1v) is 5.66. The number of hydrogen-bond donors (Lipinski definition) is 2. The molecule has 1 aromatic heterocycles. The van der Waals surface area contributed by atoms with Gasteiger partial charge in [-0.1, -0.05) is 24.3 Å². The van der Waals surface area contributed by atoms with Crippen LogP contribution in [0.15, 0.2) is 36.7 Å². The van der Waals surface area contributed by atoms with E-state index in [4.69, 9.17) is 5.11 Å². The molecule has 0 aliphatic heterocycles. The lowest BCUT2D eigenvalue weighted by atomic mass is 10.1. The van der Waals surface area contributed by atoms with Gasteiger partial charge in [-0.25, -0.2) is 4.98 Å². The van der Waals surface area contributed by atoms with Crippen LogP contribution < -0.4 is 5.32 Å². The molecule has 0 aliphatic rings. The summed E-state index contributed by atoms with van der Waals surface area (Å²) in [5.41, 5.74) is 2.15. The van der Waals surface area contributed by atoms with E-state index in [-0.39, 0.29) is 6.61 Å². The number of aromatic nitrogens is 2. The summed E-state index contributed by atoms with van der Waals surface area (Å²) in [6.45, 7) is 1.67. The van der Waals surface area contributed by atoms with E-state index in [9.17, 15) is 0 Å². The molecule has 2 N–H and O–H groups in total. The summed E-state index contributed by atoms with van der Waals surface area (Å²) in [6, 6.07) is 7.97. The van der Waals surface area contributed by atoms with Crippen molar-refractivity contribution >= 4 is 0 Å². The highest BCUT2D eigenvalue weighted by molar-refractivity contribution is 5.22. The molecule has 1 aromatic carbocycles. The molecule has 0 bridgehead atoms. The summed E-state index contributed by atoms with van der Waals surface area (Å²) in [6.07, 6.45) is 3.79. The average Bonchev–Trinajstić information content (AvgIpc) is 2.78. The first kappa shape index (κ1) is 11.8. The molecule has 0 fully saturated rings. The molecule has 0 aliphatic carbocycles. The number of aliphatic hydroxyl groups excluding tert-OH is 1. The molecular formula is C13H17N3O. The fraction of sp³-hybridized carbons (Fsp3) is 0.308. The number of imidazole rings is 1. The van der Waals surface area contributed by atoms with Crippen molar-refractivity contribution in [2.24, 2.45) is 0 Å². The van der Waals surface area contributed by atoms with E-state index in [2.05, 4.69) is 14.9 Å². The summed E-state index contributed by atoms with van der Waals surface area (Å²) in [5, 5.41) is 12.1. The van der Waals surface area contributed by atoms with E-state index in [0.29, 0.717) is 0 Å². The molecule has 2 rings (SSSR count). The molecule has 0 unspecified atom stereocenters. The van der Waals surface area contributed by atoms with Crippen LogP contribution in [-0.4, -0.2) is 21.7 Å². The third-order valence-electron chi connectivity index (χ3n) is 2.70. The maximum Gasteiger partial charge on any atom is 0.122 e. The highest BCUT2D eigenvalue weighted by Crippen LogP contribution is 2.08. The molecule has 90 valence electrons. The minimum Gasteiger partial charge on any atom is -0.392 e. The van der Waals surface area contributed by atoms with Gasteiger partial charge < -0.3 is 15.0 Å². The van der Waals surface area contributed by atoms with E-state index < -0.39 is 0 Å². The van der Waals surface area contributed by atoms with Crippen molar-refractivity contribution in [3.05, 3.63) is 53.6 Å². The van der Waals surface area contributed by atoms with Gasteiger partial charge in [-0.3, -0.25) is 0 Å². The number of rotatable bonds is 5. The SMILES string of the molecule is CNCc1nccn1Cc1ccc(CO)cc1. The molecule has 0 radical (unpaired) electrons. The Morgan fingerprint density at radius 2 is 1.94 bits per heavy atom. The van der Waals surface area contributed by atoms with E-state index in [1.807, 2.05) is 43.7 Å². The van der Waals surface area contributed by atoms with E-state index >= 15 is 0 Å². The number of benzene rings is 1. The summed E-state index contributed by atoms with van der Waals surface area (Å²) in [5.74, 6) is 1.03. The van der Waals surface area contributed by atoms with Crippen LogP contribution in [0.25, 0.3) is 0 Å². The van der Waals surface area contributed by atoms with E-state index in [1.54, 1.807) is 0 Å². The van der Waals surface area contributed by atoms with Crippen LogP contribution in [0.3, 0.4) is 0 Å². The van der Waals surface area contributed by atoms with Crippen molar-refractivity contribution in [3.63, 3.8) is 0 Å². The Morgan fingerprint density at radius 3 is 2.59 bits per heavy atom. The molecule has 4 nitrogen and oxygen atoms in total. The summed E-state index contributed by atoms with van der Waals surface area (Å²) in [4.78, 5) is 4.30. The third kappa shape index (κ3) is 2.93. The van der Waals surface area contributed by atoms with Crippen LogP contribution in [0, 0.1) is 0 Å². The Labute approximate surface area is 101 Å². The number of nitrogens with one attached hydrogen (secondary N) is 1. The molecule has 0 atom stereocenters. The van der Waals surface area contributed by atoms with Gasteiger partial charge in [0.15, 0.2) is 0 Å². The van der Waals surface area contributed by atoms with Gasteiger partial charge in [0.1, 0.15) is 5.82 Å². The fourth-order valence-corrected chi connectivity index (χ4v) is 1.76. The quantitative estimate of drug-likeness (QED) is 0.811. The predicted molar refractivity (Wildman–Crippen MR) is 66.5 cm³/mol. The third-order valence-corrected chi connectivity index (χ3v) is 2.70. The largest absolute Gasteiger partial charge is 0.392 e. The second-order valence-electron chi connectivity index (χ2n) is 3.98. The molecule has 2 aromatic rings. The van der Waals surface area contributed by atoms with Gasteiger partial charge in [0.25, 0.3) is 0 Å². The van der Waals surface area contributed by atoms with Crippen LogP contribution in [0.1, 0.15) is 17.0 Å². The van der Waals surface area contributed by atoms with Crippen LogP contribution in [0.2, 0.25) is 0 Å². The standard InChI is InChI=1S/C13H17N3O/c1-14-8-13-15-6-7-16(13)9-11-2-4-12(10-17)5-3-11/h2-7,14,17H,8-10H2,1H3. The Balaban J connectivity index is 2.10. The zero-order chi connectivity index (χ0) is 12.1. The maximum absolute atomic E-state index is 8.98. The molecule has 1 heterocycles. The highest BCUT2D eigenvalue weighted by atomic mass is 16.3. The average molecular weight is 231 g/mol. The molecule has 0 amide bonds. The lowest BCUT2D eigenvalue weighted by Gasteiger charge is -2.08. The second kappa shape index (κ2) is 5.61. The fourth-order valence-electron chi connectivity index (χ4n) is 1.76. The maximum atomic E-state index is 8.98. The van der Waals surface area contributed by atoms with Crippen molar-refractivity contribution in [1.82, 2.24) is 14.9 Å². The normalized spacial score (nSPS) is 10.7. The zero-order valence-corrected chi connectivity index (χ0v) is 9.93. The van der Waals surface area contributed by atoms with Crippen molar-refractivity contribution in [1.29, 1.82) is 0 Å².